The highest BCUT2D eigenvalue weighted by atomic mass is 32.1. The van der Waals surface area contributed by atoms with Crippen LogP contribution in [0.15, 0.2) is 66.7 Å². The maximum atomic E-state index is 14.0. The lowest BCUT2D eigenvalue weighted by Crippen LogP contribution is -2.07. The molecule has 2 heterocycles. The Morgan fingerprint density at radius 2 is 1.90 bits per heavy atom. The van der Waals surface area contributed by atoms with Crippen molar-refractivity contribution >= 4 is 50.3 Å². The van der Waals surface area contributed by atoms with Gasteiger partial charge in [-0.05, 0) is 48.4 Å². The minimum Gasteiger partial charge on any atom is -0.338 e. The van der Waals surface area contributed by atoms with Crippen molar-refractivity contribution in [2.45, 2.75) is 6.92 Å². The molecule has 144 valence electrons. The Balaban J connectivity index is 1.48. The van der Waals surface area contributed by atoms with Crippen molar-refractivity contribution in [3.63, 3.8) is 0 Å². The van der Waals surface area contributed by atoms with Crippen molar-refractivity contribution in [2.24, 2.45) is 0 Å². The first kappa shape index (κ1) is 18.8. The van der Waals surface area contributed by atoms with E-state index in [4.69, 9.17) is 0 Å². The summed E-state index contributed by atoms with van der Waals surface area (Å²) in [6.07, 6.45) is 3.20. The summed E-state index contributed by atoms with van der Waals surface area (Å²) < 4.78 is 14.0. The number of benzene rings is 2. The van der Waals surface area contributed by atoms with Crippen molar-refractivity contribution in [1.29, 1.82) is 0 Å². The number of nitrogens with one attached hydrogen (secondary N) is 2. The van der Waals surface area contributed by atoms with E-state index in [1.54, 1.807) is 24.3 Å². The van der Waals surface area contributed by atoms with Gasteiger partial charge in [0.1, 0.15) is 22.0 Å². The molecule has 0 aliphatic rings. The van der Waals surface area contributed by atoms with Gasteiger partial charge in [0, 0.05) is 6.08 Å². The molecule has 2 N–H and O–H groups in total. The molecule has 0 aliphatic carbocycles. The third-order valence-corrected chi connectivity index (χ3v) is 4.98. The van der Waals surface area contributed by atoms with E-state index in [0.29, 0.717) is 27.0 Å². The average molecular weight is 404 g/mol. The molecule has 29 heavy (non-hydrogen) atoms. The van der Waals surface area contributed by atoms with Crippen molar-refractivity contribution in [3.05, 3.63) is 83.7 Å². The Kier molecular flexibility index (Phi) is 5.31. The van der Waals surface area contributed by atoms with Crippen LogP contribution in [0.2, 0.25) is 0 Å². The number of rotatable bonds is 5. The third kappa shape index (κ3) is 4.64. The Labute approximate surface area is 171 Å². The molecule has 5 nitrogen and oxygen atoms in total. The highest BCUT2D eigenvalue weighted by Gasteiger charge is 2.09. The molecule has 0 atom stereocenters. The third-order valence-electron chi connectivity index (χ3n) is 4.10. The normalized spacial score (nSPS) is 11.1. The summed E-state index contributed by atoms with van der Waals surface area (Å²) >= 11 is 1.26. The topological polar surface area (TPSA) is 66.9 Å². The lowest BCUT2D eigenvalue weighted by atomic mass is 10.2. The molecule has 0 unspecified atom stereocenters. The number of hydrogen-bond acceptors (Lipinski definition) is 5. The Bertz CT molecular complexity index is 1200. The largest absolute Gasteiger partial charge is 0.338 e. The number of aryl methyl sites for hydroxylation is 1. The number of nitrogens with zero attached hydrogens (tertiary/aromatic N) is 2. The number of carbonyl (C=O) groups is 1. The number of carbonyl (C=O) groups excluding carboxylic acids is 1. The van der Waals surface area contributed by atoms with E-state index in [1.165, 1.54) is 23.5 Å². The van der Waals surface area contributed by atoms with Gasteiger partial charge in [0.2, 0.25) is 5.91 Å². The van der Waals surface area contributed by atoms with Crippen molar-refractivity contribution in [3.8, 4) is 0 Å². The van der Waals surface area contributed by atoms with Crippen LogP contribution >= 0.6 is 11.3 Å². The highest BCUT2D eigenvalue weighted by Crippen LogP contribution is 2.27. The zero-order valence-electron chi connectivity index (χ0n) is 15.5. The monoisotopic (exact) mass is 404 g/mol. The van der Waals surface area contributed by atoms with E-state index in [2.05, 4.69) is 20.6 Å². The molecule has 0 spiro atoms. The van der Waals surface area contributed by atoms with E-state index < -0.39 is 0 Å². The molecule has 1 amide bonds. The van der Waals surface area contributed by atoms with Crippen LogP contribution in [0.5, 0.6) is 0 Å². The van der Waals surface area contributed by atoms with Crippen molar-refractivity contribution in [2.75, 3.05) is 10.6 Å². The van der Waals surface area contributed by atoms with Crippen LogP contribution < -0.4 is 10.6 Å². The van der Waals surface area contributed by atoms with Crippen LogP contribution in [0.25, 0.3) is 16.4 Å². The summed E-state index contributed by atoms with van der Waals surface area (Å²) in [5.74, 6) is -0.104. The number of halogens is 1. The first-order valence-corrected chi connectivity index (χ1v) is 9.73. The molecule has 2 aromatic heterocycles. The SMILES string of the molecule is Cc1ccc(Nc2ccc3nc(NC(=O)/C=C/c4ccccc4)sc3n2)c(F)c1. The van der Waals surface area contributed by atoms with Crippen LogP contribution in [-0.4, -0.2) is 15.9 Å². The van der Waals surface area contributed by atoms with E-state index in [1.807, 2.05) is 43.3 Å². The lowest BCUT2D eigenvalue weighted by Gasteiger charge is -2.07. The van der Waals surface area contributed by atoms with Gasteiger partial charge in [-0.3, -0.25) is 10.1 Å². The molecule has 0 saturated carbocycles. The van der Waals surface area contributed by atoms with Gasteiger partial charge in [-0.25, -0.2) is 14.4 Å². The zero-order chi connectivity index (χ0) is 20.2. The molecule has 4 aromatic rings. The van der Waals surface area contributed by atoms with Crippen LogP contribution in [-0.2, 0) is 4.79 Å². The summed E-state index contributed by atoms with van der Waals surface area (Å²) in [5.41, 5.74) is 2.80. The fourth-order valence-electron chi connectivity index (χ4n) is 2.68. The van der Waals surface area contributed by atoms with Crippen LogP contribution in [0.3, 0.4) is 0 Å². The average Bonchev–Trinajstić information content (AvgIpc) is 3.11. The molecule has 0 fully saturated rings. The van der Waals surface area contributed by atoms with Crippen LogP contribution in [0.1, 0.15) is 11.1 Å². The Morgan fingerprint density at radius 3 is 2.69 bits per heavy atom. The summed E-state index contributed by atoms with van der Waals surface area (Å²) in [5, 5.41) is 6.17. The number of aromatic nitrogens is 2. The molecule has 0 radical (unpaired) electrons. The maximum Gasteiger partial charge on any atom is 0.250 e. The molecular weight excluding hydrogens is 387 g/mol. The van der Waals surface area contributed by atoms with Gasteiger partial charge in [-0.15, -0.1) is 0 Å². The van der Waals surface area contributed by atoms with Gasteiger partial charge in [-0.2, -0.15) is 0 Å². The predicted octanol–water partition coefficient (Wildman–Crippen LogP) is 5.53. The molecular formula is C22H17FN4OS. The number of fused-ring (bicyclic) bond motifs is 1. The summed E-state index contributed by atoms with van der Waals surface area (Å²) in [6, 6.07) is 18.0. The number of thiazole rings is 1. The second-order valence-corrected chi connectivity index (χ2v) is 7.36. The number of hydrogen-bond donors (Lipinski definition) is 2. The molecule has 0 bridgehead atoms. The minimum atomic E-state index is -0.339. The van der Waals surface area contributed by atoms with Gasteiger partial charge in [0.15, 0.2) is 5.13 Å². The summed E-state index contributed by atoms with van der Waals surface area (Å²) in [4.78, 5) is 21.6. The van der Waals surface area contributed by atoms with E-state index in [9.17, 15) is 9.18 Å². The predicted molar refractivity (Wildman–Crippen MR) is 116 cm³/mol. The molecule has 2 aromatic carbocycles. The van der Waals surface area contributed by atoms with E-state index in [0.717, 1.165) is 11.1 Å². The zero-order valence-corrected chi connectivity index (χ0v) is 16.3. The van der Waals surface area contributed by atoms with Crippen molar-refractivity contribution < 1.29 is 9.18 Å². The van der Waals surface area contributed by atoms with Crippen LogP contribution in [0.4, 0.5) is 21.0 Å². The standard InChI is InChI=1S/C22H17FN4OS/c1-14-7-9-17(16(23)13-14)24-19-11-10-18-21(26-19)29-22(25-18)27-20(28)12-8-15-5-3-2-4-6-15/h2-13H,1H3,(H,24,26)(H,25,27,28)/b12-8+. The molecule has 0 saturated heterocycles. The number of amides is 1. The summed E-state index contributed by atoms with van der Waals surface area (Å²) in [7, 11) is 0. The fraction of sp³-hybridized carbons (Fsp3) is 0.0455. The van der Waals surface area contributed by atoms with E-state index in [-0.39, 0.29) is 11.7 Å². The second kappa shape index (κ2) is 8.20. The van der Waals surface area contributed by atoms with Gasteiger partial charge in [0.05, 0.1) is 5.69 Å². The molecule has 7 heteroatoms. The fourth-order valence-corrected chi connectivity index (χ4v) is 3.52. The smallest absolute Gasteiger partial charge is 0.250 e. The van der Waals surface area contributed by atoms with Crippen molar-refractivity contribution in [1.82, 2.24) is 9.97 Å². The molecule has 0 aliphatic heterocycles. The Hall–Kier alpha value is -3.58. The minimum absolute atomic E-state index is 0.270. The lowest BCUT2D eigenvalue weighted by molar-refractivity contribution is -0.111. The van der Waals surface area contributed by atoms with Gasteiger partial charge in [-0.1, -0.05) is 47.7 Å². The number of pyridine rings is 1. The van der Waals surface area contributed by atoms with Gasteiger partial charge < -0.3 is 5.32 Å². The second-order valence-electron chi connectivity index (χ2n) is 6.38. The maximum absolute atomic E-state index is 14.0. The highest BCUT2D eigenvalue weighted by molar-refractivity contribution is 7.22. The molecule has 4 rings (SSSR count). The Morgan fingerprint density at radius 1 is 1.07 bits per heavy atom. The first-order valence-electron chi connectivity index (χ1n) is 8.92. The quantitative estimate of drug-likeness (QED) is 0.429. The number of anilines is 3. The summed E-state index contributed by atoms with van der Waals surface area (Å²) in [6.45, 7) is 1.83. The van der Waals surface area contributed by atoms with Gasteiger partial charge in [0.25, 0.3) is 0 Å². The first-order chi connectivity index (χ1) is 14.1. The van der Waals surface area contributed by atoms with Crippen LogP contribution in [0, 0.1) is 12.7 Å². The van der Waals surface area contributed by atoms with E-state index >= 15 is 0 Å². The van der Waals surface area contributed by atoms with Gasteiger partial charge >= 0.3 is 0 Å².